The van der Waals surface area contributed by atoms with Gasteiger partial charge in [-0.05, 0) is 6.07 Å². The number of nitrogens with zero attached hydrogens (tertiary/aromatic N) is 1. The number of halogens is 2. The second kappa shape index (κ2) is 4.04. The molecule has 0 bridgehead atoms. The lowest BCUT2D eigenvalue weighted by Gasteiger charge is -2.08. The van der Waals surface area contributed by atoms with Gasteiger partial charge in [-0.25, -0.2) is 13.8 Å². The molecule has 1 atom stereocenters. The molecule has 0 saturated heterocycles. The smallest absolute Gasteiger partial charge is 0.133 e. The van der Waals surface area contributed by atoms with Crippen molar-refractivity contribution >= 4 is 11.3 Å². The number of aromatic nitrogens is 1. The molecule has 78 valence electrons. The first kappa shape index (κ1) is 10.2. The lowest BCUT2D eigenvalue weighted by molar-refractivity contribution is 0.214. The van der Waals surface area contributed by atoms with Crippen molar-refractivity contribution in [3.05, 3.63) is 52.0 Å². The van der Waals surface area contributed by atoms with Crippen molar-refractivity contribution in [1.82, 2.24) is 4.98 Å². The van der Waals surface area contributed by atoms with Crippen molar-refractivity contribution in [2.45, 2.75) is 6.10 Å². The minimum atomic E-state index is -1.13. The summed E-state index contributed by atoms with van der Waals surface area (Å²) < 4.78 is 25.9. The van der Waals surface area contributed by atoms with Gasteiger partial charge in [0.25, 0.3) is 0 Å². The quantitative estimate of drug-likeness (QED) is 0.855. The van der Waals surface area contributed by atoms with Crippen molar-refractivity contribution in [2.75, 3.05) is 0 Å². The van der Waals surface area contributed by atoms with Crippen molar-refractivity contribution in [3.63, 3.8) is 0 Å². The second-order valence-electron chi connectivity index (χ2n) is 2.94. The highest BCUT2D eigenvalue weighted by molar-refractivity contribution is 7.09. The number of hydrogen-bond acceptors (Lipinski definition) is 3. The van der Waals surface area contributed by atoms with Crippen molar-refractivity contribution in [2.24, 2.45) is 0 Å². The standard InChI is InChI=1S/C10H7F2NOS/c11-6-1-2-7(8(12)5-6)9(14)10-13-3-4-15-10/h1-5,9,14H. The molecule has 2 rings (SSSR count). The first-order chi connectivity index (χ1) is 7.18. The van der Waals surface area contributed by atoms with Gasteiger partial charge in [0.1, 0.15) is 22.7 Å². The highest BCUT2D eigenvalue weighted by Crippen LogP contribution is 2.25. The van der Waals surface area contributed by atoms with E-state index in [4.69, 9.17) is 0 Å². The summed E-state index contributed by atoms with van der Waals surface area (Å²) in [6.45, 7) is 0. The predicted octanol–water partition coefficient (Wildman–Crippen LogP) is 2.50. The molecule has 2 nitrogen and oxygen atoms in total. The molecule has 5 heteroatoms. The van der Waals surface area contributed by atoms with E-state index in [0.717, 1.165) is 12.1 Å². The Morgan fingerprint density at radius 1 is 1.33 bits per heavy atom. The monoisotopic (exact) mass is 227 g/mol. The van der Waals surface area contributed by atoms with Gasteiger partial charge >= 0.3 is 0 Å². The molecule has 0 radical (unpaired) electrons. The Bertz CT molecular complexity index is 458. The lowest BCUT2D eigenvalue weighted by atomic mass is 10.1. The van der Waals surface area contributed by atoms with Crippen LogP contribution in [0.15, 0.2) is 29.8 Å². The van der Waals surface area contributed by atoms with Gasteiger partial charge in [0.15, 0.2) is 0 Å². The summed E-state index contributed by atoms with van der Waals surface area (Å²) in [4.78, 5) is 3.86. The van der Waals surface area contributed by atoms with Gasteiger partial charge in [0, 0.05) is 23.2 Å². The molecule has 1 aromatic heterocycles. The molecular formula is C10H7F2NOS. The summed E-state index contributed by atoms with van der Waals surface area (Å²) in [5.41, 5.74) is 0.0337. The van der Waals surface area contributed by atoms with E-state index in [-0.39, 0.29) is 5.56 Å². The van der Waals surface area contributed by atoms with E-state index in [2.05, 4.69) is 4.98 Å². The number of thiazole rings is 1. The first-order valence-electron chi connectivity index (χ1n) is 4.21. The third-order valence-electron chi connectivity index (χ3n) is 1.94. The number of benzene rings is 1. The predicted molar refractivity (Wildman–Crippen MR) is 52.5 cm³/mol. The second-order valence-corrected chi connectivity index (χ2v) is 3.86. The SMILES string of the molecule is OC(c1nccs1)c1ccc(F)cc1F. The van der Waals surface area contributed by atoms with Crippen molar-refractivity contribution in [3.8, 4) is 0 Å². The molecule has 2 aromatic rings. The third-order valence-corrected chi connectivity index (χ3v) is 2.77. The Hall–Kier alpha value is -1.33. The zero-order valence-electron chi connectivity index (χ0n) is 7.52. The van der Waals surface area contributed by atoms with Gasteiger partial charge in [-0.3, -0.25) is 0 Å². The van der Waals surface area contributed by atoms with Gasteiger partial charge in [-0.2, -0.15) is 0 Å². The van der Waals surface area contributed by atoms with Gasteiger partial charge in [0.2, 0.25) is 0 Å². The van der Waals surface area contributed by atoms with Gasteiger partial charge in [-0.1, -0.05) is 6.07 Å². The highest BCUT2D eigenvalue weighted by atomic mass is 32.1. The number of hydrogen-bond donors (Lipinski definition) is 1. The van der Waals surface area contributed by atoms with Crippen LogP contribution in [0, 0.1) is 11.6 Å². The molecular weight excluding hydrogens is 220 g/mol. The Morgan fingerprint density at radius 2 is 2.13 bits per heavy atom. The molecule has 0 aliphatic rings. The molecule has 1 unspecified atom stereocenters. The fourth-order valence-corrected chi connectivity index (χ4v) is 1.86. The molecule has 1 N–H and O–H groups in total. The molecule has 0 aliphatic heterocycles. The molecule has 0 fully saturated rings. The normalized spacial score (nSPS) is 12.7. The zero-order valence-corrected chi connectivity index (χ0v) is 8.34. The minimum Gasteiger partial charge on any atom is -0.381 e. The fraction of sp³-hybridized carbons (Fsp3) is 0.100. The van der Waals surface area contributed by atoms with Crippen LogP contribution in [0.5, 0.6) is 0 Å². The topological polar surface area (TPSA) is 33.1 Å². The fourth-order valence-electron chi connectivity index (χ4n) is 1.23. The van der Waals surface area contributed by atoms with Crippen LogP contribution in [0.4, 0.5) is 8.78 Å². The van der Waals surface area contributed by atoms with Crippen LogP contribution < -0.4 is 0 Å². The van der Waals surface area contributed by atoms with Crippen LogP contribution >= 0.6 is 11.3 Å². The highest BCUT2D eigenvalue weighted by Gasteiger charge is 2.17. The summed E-state index contributed by atoms with van der Waals surface area (Å²) in [6.07, 6.45) is 0.385. The molecule has 15 heavy (non-hydrogen) atoms. The molecule has 0 saturated carbocycles. The van der Waals surface area contributed by atoms with E-state index < -0.39 is 17.7 Å². The summed E-state index contributed by atoms with van der Waals surface area (Å²) in [5.74, 6) is -1.43. The molecule has 1 heterocycles. The summed E-state index contributed by atoms with van der Waals surface area (Å²) >= 11 is 1.22. The van der Waals surface area contributed by atoms with E-state index in [9.17, 15) is 13.9 Å². The van der Waals surface area contributed by atoms with Crippen LogP contribution in [-0.4, -0.2) is 10.1 Å². The van der Waals surface area contributed by atoms with E-state index in [0.29, 0.717) is 5.01 Å². The maximum Gasteiger partial charge on any atom is 0.133 e. The van der Waals surface area contributed by atoms with E-state index in [1.807, 2.05) is 0 Å². The Labute approximate surface area is 88.8 Å². The largest absolute Gasteiger partial charge is 0.381 e. The van der Waals surface area contributed by atoms with E-state index >= 15 is 0 Å². The number of rotatable bonds is 2. The molecule has 0 aliphatic carbocycles. The van der Waals surface area contributed by atoms with E-state index in [1.54, 1.807) is 5.38 Å². The van der Waals surface area contributed by atoms with Gasteiger partial charge in [-0.15, -0.1) is 11.3 Å². The van der Waals surface area contributed by atoms with Crippen molar-refractivity contribution in [1.29, 1.82) is 0 Å². The molecule has 0 amide bonds. The van der Waals surface area contributed by atoms with Crippen molar-refractivity contribution < 1.29 is 13.9 Å². The average Bonchev–Trinajstić information content (AvgIpc) is 2.69. The minimum absolute atomic E-state index is 0.0337. The van der Waals surface area contributed by atoms with Crippen LogP contribution in [0.25, 0.3) is 0 Å². The maximum absolute atomic E-state index is 13.3. The average molecular weight is 227 g/mol. The lowest BCUT2D eigenvalue weighted by Crippen LogP contribution is -2.02. The Morgan fingerprint density at radius 3 is 2.73 bits per heavy atom. The number of aliphatic hydroxyl groups excluding tert-OH is 1. The number of aliphatic hydroxyl groups is 1. The summed E-state index contributed by atoms with van der Waals surface area (Å²) in [6, 6.07) is 3.07. The van der Waals surface area contributed by atoms with Gasteiger partial charge < -0.3 is 5.11 Å². The van der Waals surface area contributed by atoms with Gasteiger partial charge in [0.05, 0.1) is 0 Å². The summed E-state index contributed by atoms with van der Waals surface area (Å²) in [7, 11) is 0. The molecule has 1 aromatic carbocycles. The maximum atomic E-state index is 13.3. The Kier molecular flexibility index (Phi) is 2.75. The Balaban J connectivity index is 2.38. The van der Waals surface area contributed by atoms with E-state index in [1.165, 1.54) is 23.6 Å². The third kappa shape index (κ3) is 2.03. The van der Waals surface area contributed by atoms with Crippen LogP contribution in [-0.2, 0) is 0 Å². The van der Waals surface area contributed by atoms with Crippen LogP contribution in [0.2, 0.25) is 0 Å². The van der Waals surface area contributed by atoms with Crippen LogP contribution in [0.1, 0.15) is 16.7 Å². The van der Waals surface area contributed by atoms with Crippen LogP contribution in [0.3, 0.4) is 0 Å². The zero-order chi connectivity index (χ0) is 10.8. The summed E-state index contributed by atoms with van der Waals surface area (Å²) in [5, 5.41) is 11.8. The first-order valence-corrected chi connectivity index (χ1v) is 5.09. The molecule has 0 spiro atoms.